The van der Waals surface area contributed by atoms with E-state index in [1.807, 2.05) is 73.6 Å². The SMILES string of the molecule is C1=C[N+]2(N(c3ccc(Oc4ccccc4)cc3)c3ccccc3N3CCOCC3)C=NC=C2C=N1. The number of para-hydroxylation sites is 3. The number of hydrogen-bond donors (Lipinski definition) is 0. The molecule has 1 atom stereocenters. The Balaban J connectivity index is 1.44. The monoisotopic (exact) mass is 464 g/mol. The van der Waals surface area contributed by atoms with Gasteiger partial charge in [-0.05, 0) is 48.5 Å². The molecule has 3 aliphatic rings. The predicted octanol–water partition coefficient (Wildman–Crippen LogP) is 5.62. The van der Waals surface area contributed by atoms with E-state index in [2.05, 4.69) is 56.3 Å². The predicted molar refractivity (Wildman–Crippen MR) is 139 cm³/mol. The summed E-state index contributed by atoms with van der Waals surface area (Å²) in [6.07, 6.45) is 9.54. The van der Waals surface area contributed by atoms with Crippen LogP contribution in [0.1, 0.15) is 0 Å². The lowest BCUT2D eigenvalue weighted by atomic mass is 10.2. The zero-order valence-electron chi connectivity index (χ0n) is 19.3. The molecule has 174 valence electrons. The van der Waals surface area contributed by atoms with Crippen molar-refractivity contribution in [2.75, 3.05) is 36.2 Å². The lowest BCUT2D eigenvalue weighted by Gasteiger charge is -2.41. The fourth-order valence-corrected chi connectivity index (χ4v) is 4.62. The number of hydrogen-bond acceptors (Lipinski definition) is 6. The molecule has 0 spiro atoms. The van der Waals surface area contributed by atoms with Gasteiger partial charge in [0.05, 0.1) is 43.2 Å². The first-order chi connectivity index (χ1) is 17.3. The van der Waals surface area contributed by atoms with E-state index in [0.29, 0.717) is 4.59 Å². The summed E-state index contributed by atoms with van der Waals surface area (Å²) < 4.78 is 12.0. The number of allylic oxidation sites excluding steroid dienone is 1. The molecule has 6 rings (SSSR count). The van der Waals surface area contributed by atoms with Crippen molar-refractivity contribution in [1.29, 1.82) is 0 Å². The summed E-state index contributed by atoms with van der Waals surface area (Å²) in [4.78, 5) is 11.3. The molecule has 0 saturated carbocycles. The number of nitrogens with zero attached hydrogens (tertiary/aromatic N) is 5. The molecule has 3 heterocycles. The molecule has 1 unspecified atom stereocenters. The molecule has 7 heteroatoms. The highest BCUT2D eigenvalue weighted by Gasteiger charge is 2.43. The largest absolute Gasteiger partial charge is 0.457 e. The van der Waals surface area contributed by atoms with Crippen LogP contribution in [0.2, 0.25) is 0 Å². The van der Waals surface area contributed by atoms with Crippen LogP contribution in [0.25, 0.3) is 0 Å². The van der Waals surface area contributed by atoms with Crippen molar-refractivity contribution < 1.29 is 14.1 Å². The second-order valence-corrected chi connectivity index (χ2v) is 8.44. The molecule has 0 amide bonds. The third-order valence-corrected chi connectivity index (χ3v) is 6.30. The van der Waals surface area contributed by atoms with Crippen LogP contribution in [-0.2, 0) is 4.74 Å². The number of aliphatic imine (C=N–C) groups is 2. The Morgan fingerprint density at radius 2 is 1.57 bits per heavy atom. The Kier molecular flexibility index (Phi) is 5.62. The molecular weight excluding hydrogens is 438 g/mol. The summed E-state index contributed by atoms with van der Waals surface area (Å²) in [5, 5.41) is 2.28. The van der Waals surface area contributed by atoms with Crippen LogP contribution < -0.4 is 14.6 Å². The van der Waals surface area contributed by atoms with Crippen molar-refractivity contribution in [2.45, 2.75) is 0 Å². The van der Waals surface area contributed by atoms with Crippen molar-refractivity contribution in [2.24, 2.45) is 9.98 Å². The number of rotatable bonds is 6. The molecule has 7 nitrogen and oxygen atoms in total. The highest BCUT2D eigenvalue weighted by atomic mass is 16.5. The smallest absolute Gasteiger partial charge is 0.225 e. The van der Waals surface area contributed by atoms with Crippen LogP contribution in [-0.4, -0.2) is 43.4 Å². The second kappa shape index (κ2) is 9.21. The van der Waals surface area contributed by atoms with Crippen LogP contribution in [0.5, 0.6) is 11.5 Å². The lowest BCUT2D eigenvalue weighted by Crippen LogP contribution is -2.53. The van der Waals surface area contributed by atoms with Gasteiger partial charge in [-0.2, -0.15) is 5.01 Å². The number of ether oxygens (including phenoxy) is 2. The first kappa shape index (κ1) is 21.3. The van der Waals surface area contributed by atoms with E-state index in [4.69, 9.17) is 9.47 Å². The average molecular weight is 465 g/mol. The average Bonchev–Trinajstić information content (AvgIpc) is 3.36. The number of benzene rings is 3. The van der Waals surface area contributed by atoms with Crippen molar-refractivity contribution in [3.63, 3.8) is 0 Å². The van der Waals surface area contributed by atoms with Crippen LogP contribution >= 0.6 is 0 Å². The van der Waals surface area contributed by atoms with Crippen LogP contribution in [0.4, 0.5) is 17.1 Å². The number of fused-ring (bicyclic) bond motifs is 1. The summed E-state index contributed by atoms with van der Waals surface area (Å²) in [5.41, 5.74) is 4.20. The second-order valence-electron chi connectivity index (χ2n) is 8.44. The molecule has 3 aromatic carbocycles. The highest BCUT2D eigenvalue weighted by Crippen LogP contribution is 2.43. The Labute approximate surface area is 204 Å². The van der Waals surface area contributed by atoms with Gasteiger partial charge in [0.2, 0.25) is 12.0 Å². The standard InChI is InChI=1S/C28H26N5O2/c1-2-6-25(7-3-1)35-26-12-10-23(11-13-26)32(33-17-14-29-20-24(33)21-30-22-33)28-9-5-4-8-27(28)31-15-18-34-19-16-31/h1-14,17,20-22H,15-16,18-19H2/q+1. The summed E-state index contributed by atoms with van der Waals surface area (Å²) in [5.74, 6) is 1.59. The molecule has 0 bridgehead atoms. The van der Waals surface area contributed by atoms with Gasteiger partial charge in [-0.25, -0.2) is 4.99 Å². The molecule has 0 aromatic heterocycles. The summed E-state index contributed by atoms with van der Waals surface area (Å²) in [6.45, 7) is 3.14. The maximum Gasteiger partial charge on any atom is 0.225 e. The highest BCUT2D eigenvalue weighted by molar-refractivity contribution is 5.85. The van der Waals surface area contributed by atoms with E-state index in [1.165, 1.54) is 0 Å². The minimum atomic E-state index is 0.295. The van der Waals surface area contributed by atoms with Crippen LogP contribution in [0.15, 0.2) is 113 Å². The summed E-state index contributed by atoms with van der Waals surface area (Å²) in [7, 11) is 0. The quantitative estimate of drug-likeness (QED) is 0.444. The van der Waals surface area contributed by atoms with E-state index < -0.39 is 0 Å². The minimum Gasteiger partial charge on any atom is -0.457 e. The fourth-order valence-electron chi connectivity index (χ4n) is 4.62. The molecule has 3 aliphatic heterocycles. The van der Waals surface area contributed by atoms with Crippen molar-refractivity contribution >= 4 is 29.6 Å². The van der Waals surface area contributed by atoms with E-state index >= 15 is 0 Å². The van der Waals surface area contributed by atoms with Gasteiger partial charge in [0, 0.05) is 13.1 Å². The van der Waals surface area contributed by atoms with Crippen LogP contribution in [0.3, 0.4) is 0 Å². The zero-order chi connectivity index (χ0) is 23.5. The van der Waals surface area contributed by atoms with Gasteiger partial charge in [0.1, 0.15) is 17.2 Å². The van der Waals surface area contributed by atoms with E-state index in [-0.39, 0.29) is 0 Å². The number of morpholine rings is 1. The maximum absolute atomic E-state index is 6.05. The van der Waals surface area contributed by atoms with Gasteiger partial charge in [0.15, 0.2) is 6.20 Å². The molecule has 0 N–H and O–H groups in total. The first-order valence-corrected chi connectivity index (χ1v) is 11.7. The minimum absolute atomic E-state index is 0.295. The third-order valence-electron chi connectivity index (χ3n) is 6.30. The normalized spacial score (nSPS) is 20.5. The zero-order valence-corrected chi connectivity index (χ0v) is 19.3. The lowest BCUT2D eigenvalue weighted by molar-refractivity contribution is -0.734. The molecule has 3 aromatic rings. The number of quaternary nitrogens is 1. The Hall–Kier alpha value is -4.20. The summed E-state index contributed by atoms with van der Waals surface area (Å²) in [6, 6.07) is 26.5. The Bertz CT molecular complexity index is 1310. The van der Waals surface area contributed by atoms with Gasteiger partial charge in [-0.3, -0.25) is 4.99 Å². The molecular formula is C28H26N5O2+. The first-order valence-electron chi connectivity index (χ1n) is 11.7. The van der Waals surface area contributed by atoms with E-state index in [0.717, 1.165) is 60.6 Å². The van der Waals surface area contributed by atoms with Gasteiger partial charge in [0.25, 0.3) is 0 Å². The molecule has 1 fully saturated rings. The molecule has 0 radical (unpaired) electrons. The Morgan fingerprint density at radius 3 is 2.40 bits per heavy atom. The van der Waals surface area contributed by atoms with E-state index in [9.17, 15) is 0 Å². The molecule has 1 saturated heterocycles. The van der Waals surface area contributed by atoms with Crippen molar-refractivity contribution in [3.05, 3.63) is 103 Å². The van der Waals surface area contributed by atoms with Gasteiger partial charge >= 0.3 is 0 Å². The third kappa shape index (κ3) is 4.01. The van der Waals surface area contributed by atoms with E-state index in [1.54, 1.807) is 0 Å². The number of anilines is 3. The molecule has 0 aliphatic carbocycles. The maximum atomic E-state index is 6.05. The molecule has 35 heavy (non-hydrogen) atoms. The Morgan fingerprint density at radius 1 is 0.829 bits per heavy atom. The van der Waals surface area contributed by atoms with Gasteiger partial charge in [-0.15, -0.1) is 4.59 Å². The topological polar surface area (TPSA) is 49.7 Å². The fraction of sp³-hybridized carbons (Fsp3) is 0.143. The van der Waals surface area contributed by atoms with Gasteiger partial charge in [-0.1, -0.05) is 30.3 Å². The van der Waals surface area contributed by atoms with Crippen molar-refractivity contribution in [1.82, 2.24) is 0 Å². The summed E-state index contributed by atoms with van der Waals surface area (Å²) >= 11 is 0. The van der Waals surface area contributed by atoms with Gasteiger partial charge < -0.3 is 14.4 Å². The van der Waals surface area contributed by atoms with Crippen LogP contribution in [0, 0.1) is 0 Å². The van der Waals surface area contributed by atoms with Crippen molar-refractivity contribution in [3.8, 4) is 11.5 Å².